The van der Waals surface area contributed by atoms with E-state index in [2.05, 4.69) is 25.5 Å². The second kappa shape index (κ2) is 2.95. The molecule has 1 aliphatic heterocycles. The minimum absolute atomic E-state index is 0.176. The highest BCUT2D eigenvalue weighted by molar-refractivity contribution is 5.03. The normalized spacial score (nSPS) is 31.7. The van der Waals surface area contributed by atoms with E-state index in [1.165, 1.54) is 13.0 Å². The van der Waals surface area contributed by atoms with E-state index in [4.69, 9.17) is 5.73 Å². The third kappa shape index (κ3) is 1.82. The predicted molar refractivity (Wildman–Crippen MR) is 48.4 cm³/mol. The lowest BCUT2D eigenvalue weighted by Crippen LogP contribution is -2.43. The number of rotatable bonds is 2. The van der Waals surface area contributed by atoms with Gasteiger partial charge in [-0.15, -0.1) is 6.58 Å². The average molecular weight is 154 g/mol. The van der Waals surface area contributed by atoms with Gasteiger partial charge in [0.25, 0.3) is 0 Å². The van der Waals surface area contributed by atoms with Crippen LogP contribution in [0.4, 0.5) is 0 Å². The Balaban J connectivity index is 2.55. The highest BCUT2D eigenvalue weighted by Gasteiger charge is 2.31. The summed E-state index contributed by atoms with van der Waals surface area (Å²) in [5.74, 6) is 0.588. The lowest BCUT2D eigenvalue weighted by Gasteiger charge is -2.27. The van der Waals surface area contributed by atoms with Crippen LogP contribution in [0, 0.1) is 5.92 Å². The molecule has 2 atom stereocenters. The minimum atomic E-state index is -0.176. The first kappa shape index (κ1) is 8.75. The fraction of sp³-hybridized carbons (Fsp3) is 0.778. The van der Waals surface area contributed by atoms with E-state index in [-0.39, 0.29) is 5.54 Å². The van der Waals surface area contributed by atoms with Crippen LogP contribution in [0.25, 0.3) is 0 Å². The van der Waals surface area contributed by atoms with Crippen molar-refractivity contribution in [1.29, 1.82) is 0 Å². The van der Waals surface area contributed by atoms with Crippen molar-refractivity contribution < 1.29 is 0 Å². The van der Waals surface area contributed by atoms with E-state index in [1.54, 1.807) is 0 Å². The van der Waals surface area contributed by atoms with Crippen molar-refractivity contribution >= 4 is 0 Å². The molecule has 1 heterocycles. The molecule has 11 heavy (non-hydrogen) atoms. The van der Waals surface area contributed by atoms with Crippen LogP contribution in [0.15, 0.2) is 12.7 Å². The molecule has 0 aliphatic carbocycles. The number of nitrogens with two attached hydrogens (primary N) is 1. The first-order valence-electron chi connectivity index (χ1n) is 4.17. The van der Waals surface area contributed by atoms with Crippen LogP contribution in [0.1, 0.15) is 13.3 Å². The first-order chi connectivity index (χ1) is 5.06. The molecule has 0 spiro atoms. The third-order valence-electron chi connectivity index (χ3n) is 2.71. The second-order valence-corrected chi connectivity index (χ2v) is 3.82. The zero-order valence-corrected chi connectivity index (χ0v) is 7.51. The van der Waals surface area contributed by atoms with Gasteiger partial charge >= 0.3 is 0 Å². The molecule has 2 unspecified atom stereocenters. The Labute approximate surface area is 69.1 Å². The summed E-state index contributed by atoms with van der Waals surface area (Å²) < 4.78 is 0. The second-order valence-electron chi connectivity index (χ2n) is 3.82. The molecule has 1 saturated heterocycles. The van der Waals surface area contributed by atoms with Gasteiger partial charge in [0.15, 0.2) is 0 Å². The summed E-state index contributed by atoms with van der Waals surface area (Å²) in [5, 5.41) is 0. The Morgan fingerprint density at radius 1 is 1.73 bits per heavy atom. The van der Waals surface area contributed by atoms with Gasteiger partial charge in [-0.2, -0.15) is 0 Å². The molecule has 0 aromatic carbocycles. The van der Waals surface area contributed by atoms with Gasteiger partial charge in [0.2, 0.25) is 0 Å². The third-order valence-corrected chi connectivity index (χ3v) is 2.71. The molecular formula is C9H18N2. The van der Waals surface area contributed by atoms with Gasteiger partial charge in [-0.05, 0) is 32.9 Å². The summed E-state index contributed by atoms with van der Waals surface area (Å²) in [7, 11) is 2.14. The van der Waals surface area contributed by atoms with Crippen LogP contribution in [-0.2, 0) is 0 Å². The summed E-state index contributed by atoms with van der Waals surface area (Å²) >= 11 is 0. The van der Waals surface area contributed by atoms with Crippen LogP contribution in [0.3, 0.4) is 0 Å². The summed E-state index contributed by atoms with van der Waals surface area (Å²) in [5.41, 5.74) is 5.86. The summed E-state index contributed by atoms with van der Waals surface area (Å²) in [6.07, 6.45) is 3.08. The quantitative estimate of drug-likeness (QED) is 0.597. The SMILES string of the molecule is C=CC(C)(N)C1CCN(C)C1. The fourth-order valence-electron chi connectivity index (χ4n) is 1.61. The topological polar surface area (TPSA) is 29.3 Å². The highest BCUT2D eigenvalue weighted by atomic mass is 15.1. The maximum atomic E-state index is 6.04. The molecule has 2 nitrogen and oxygen atoms in total. The van der Waals surface area contributed by atoms with Crippen LogP contribution in [0.5, 0.6) is 0 Å². The molecule has 2 heteroatoms. The lowest BCUT2D eigenvalue weighted by molar-refractivity contribution is 0.337. The molecule has 1 fully saturated rings. The van der Waals surface area contributed by atoms with E-state index < -0.39 is 0 Å². The molecule has 0 radical (unpaired) electrons. The summed E-state index contributed by atoms with van der Waals surface area (Å²) in [6, 6.07) is 0. The van der Waals surface area contributed by atoms with Crippen molar-refractivity contribution in [3.05, 3.63) is 12.7 Å². The van der Waals surface area contributed by atoms with Gasteiger partial charge in [0, 0.05) is 12.1 Å². The molecule has 0 aromatic rings. The maximum Gasteiger partial charge on any atom is 0.0349 e. The average Bonchev–Trinajstić information content (AvgIpc) is 2.36. The molecule has 0 bridgehead atoms. The smallest absolute Gasteiger partial charge is 0.0349 e. The maximum absolute atomic E-state index is 6.04. The molecule has 64 valence electrons. The van der Waals surface area contributed by atoms with Crippen molar-refractivity contribution in [1.82, 2.24) is 4.90 Å². The van der Waals surface area contributed by atoms with Crippen molar-refractivity contribution in [2.45, 2.75) is 18.9 Å². The van der Waals surface area contributed by atoms with Gasteiger partial charge in [0.1, 0.15) is 0 Å². The molecule has 0 amide bonds. The summed E-state index contributed by atoms with van der Waals surface area (Å²) in [6.45, 7) is 8.10. The van der Waals surface area contributed by atoms with Gasteiger partial charge in [0.05, 0.1) is 0 Å². The Kier molecular flexibility index (Phi) is 2.35. The van der Waals surface area contributed by atoms with Crippen LogP contribution in [0.2, 0.25) is 0 Å². The number of hydrogen-bond donors (Lipinski definition) is 1. The van der Waals surface area contributed by atoms with E-state index in [9.17, 15) is 0 Å². The van der Waals surface area contributed by atoms with Gasteiger partial charge in [-0.1, -0.05) is 6.08 Å². The number of hydrogen-bond acceptors (Lipinski definition) is 2. The largest absolute Gasteiger partial charge is 0.322 e. The molecule has 0 aromatic heterocycles. The first-order valence-corrected chi connectivity index (χ1v) is 4.17. The Morgan fingerprint density at radius 3 is 2.73 bits per heavy atom. The van der Waals surface area contributed by atoms with E-state index in [0.717, 1.165) is 6.54 Å². The van der Waals surface area contributed by atoms with E-state index >= 15 is 0 Å². The molecule has 1 aliphatic rings. The monoisotopic (exact) mass is 154 g/mol. The minimum Gasteiger partial charge on any atom is -0.322 e. The Hall–Kier alpha value is -0.340. The van der Waals surface area contributed by atoms with Crippen molar-refractivity contribution in [3.63, 3.8) is 0 Å². The standard InChI is InChI=1S/C9H18N2/c1-4-9(2,10)8-5-6-11(3)7-8/h4,8H,1,5-7,10H2,2-3H3. The van der Waals surface area contributed by atoms with E-state index in [1.807, 2.05) is 6.08 Å². The Bertz CT molecular complexity index is 152. The predicted octanol–water partition coefficient (Wildman–Crippen LogP) is 0.841. The molecule has 1 rings (SSSR count). The zero-order chi connectivity index (χ0) is 8.48. The van der Waals surface area contributed by atoms with E-state index in [0.29, 0.717) is 5.92 Å². The van der Waals surface area contributed by atoms with Gasteiger partial charge < -0.3 is 10.6 Å². The zero-order valence-electron chi connectivity index (χ0n) is 7.51. The van der Waals surface area contributed by atoms with Gasteiger partial charge in [-0.3, -0.25) is 0 Å². The highest BCUT2D eigenvalue weighted by Crippen LogP contribution is 2.25. The molecule has 0 saturated carbocycles. The lowest BCUT2D eigenvalue weighted by atomic mass is 9.86. The molecule has 2 N–H and O–H groups in total. The van der Waals surface area contributed by atoms with Crippen molar-refractivity contribution in [3.8, 4) is 0 Å². The van der Waals surface area contributed by atoms with Crippen molar-refractivity contribution in [2.24, 2.45) is 11.7 Å². The number of likely N-dealkylation sites (tertiary alicyclic amines) is 1. The van der Waals surface area contributed by atoms with Crippen LogP contribution >= 0.6 is 0 Å². The Morgan fingerprint density at radius 2 is 2.36 bits per heavy atom. The summed E-state index contributed by atoms with van der Waals surface area (Å²) in [4.78, 5) is 2.32. The van der Waals surface area contributed by atoms with Crippen LogP contribution < -0.4 is 5.73 Å². The molecular weight excluding hydrogens is 136 g/mol. The van der Waals surface area contributed by atoms with Crippen molar-refractivity contribution in [2.75, 3.05) is 20.1 Å². The number of nitrogens with zero attached hydrogens (tertiary/aromatic N) is 1. The fourth-order valence-corrected chi connectivity index (χ4v) is 1.61. The van der Waals surface area contributed by atoms with Gasteiger partial charge in [-0.25, -0.2) is 0 Å². The van der Waals surface area contributed by atoms with Crippen LogP contribution in [-0.4, -0.2) is 30.6 Å².